The van der Waals surface area contributed by atoms with Gasteiger partial charge in [-0.15, -0.1) is 0 Å². The van der Waals surface area contributed by atoms with Crippen molar-refractivity contribution in [2.45, 2.75) is 0 Å². The van der Waals surface area contributed by atoms with Crippen molar-refractivity contribution < 1.29 is 0 Å². The maximum atomic E-state index is 4.50. The van der Waals surface area contributed by atoms with Crippen molar-refractivity contribution in [1.82, 2.24) is 0 Å². The molecule has 0 fully saturated rings. The predicted molar refractivity (Wildman–Crippen MR) is 42.6 cm³/mol. The Balaban J connectivity index is 0. The third-order valence-electron chi connectivity index (χ3n) is 0. The molecule has 0 aromatic rings. The van der Waals surface area contributed by atoms with Gasteiger partial charge in [0.25, 0.3) is 0 Å². The topological polar surface area (TPSA) is 26.0 Å². The monoisotopic (exact) mass is 477 g/mol. The van der Waals surface area contributed by atoms with E-state index in [1.807, 2.05) is 0 Å². The first kappa shape index (κ1) is 11.1. The van der Waals surface area contributed by atoms with Gasteiger partial charge < -0.3 is 5.73 Å². The fourth-order valence-corrected chi connectivity index (χ4v) is 0. The molecule has 0 bridgehead atoms. The van der Waals surface area contributed by atoms with E-state index in [0.717, 1.165) is 0 Å². The molecule has 2 N–H and O–H groups in total. The first-order valence-electron chi connectivity index (χ1n) is 1.08. The molecule has 0 unspecified atom stereocenters. The molecule has 40 valence electrons. The van der Waals surface area contributed by atoms with E-state index < -0.39 is 14.7 Å². The second kappa shape index (κ2) is 10.3. The Bertz CT molecular complexity index is 15.5. The van der Waals surface area contributed by atoms with E-state index in [4.69, 9.17) is 0 Å². The maximum absolute atomic E-state index is 4.50. The van der Waals surface area contributed by atoms with E-state index >= 15 is 0 Å². The van der Waals surface area contributed by atoms with Gasteiger partial charge in [-0.2, -0.15) is 0 Å². The molecule has 0 aliphatic heterocycles. The van der Waals surface area contributed by atoms with Gasteiger partial charge in [0.15, 0.2) is 0 Å². The number of nitrogens with two attached hydrogens (primary N) is 1. The molecule has 0 spiro atoms. The summed E-state index contributed by atoms with van der Waals surface area (Å²) >= 11 is 8.77. The van der Waals surface area contributed by atoms with E-state index in [9.17, 15) is 0 Å². The summed E-state index contributed by atoms with van der Waals surface area (Å²) in [6, 6.07) is 0. The van der Waals surface area contributed by atoms with Crippen LogP contribution in [0.3, 0.4) is 0 Å². The summed E-state index contributed by atoms with van der Waals surface area (Å²) in [7, 11) is 1.50. The number of rotatable bonds is 0. The SMILES string of the molecule is CN.[Br][Bi]([Br])[Br]. The molecule has 0 radical (unpaired) electrons. The summed E-state index contributed by atoms with van der Waals surface area (Å²) in [5.41, 5.74) is 4.50. The zero-order valence-corrected chi connectivity index (χ0v) is 11.4. The Hall–Kier alpha value is 2.28. The molecule has 5 heteroatoms. The average molecular weight is 480 g/mol. The van der Waals surface area contributed by atoms with Gasteiger partial charge in [-0.05, 0) is 7.05 Å². The van der Waals surface area contributed by atoms with Gasteiger partial charge in [-0.3, -0.25) is 0 Å². The van der Waals surface area contributed by atoms with Gasteiger partial charge in [0.1, 0.15) is 0 Å². The van der Waals surface area contributed by atoms with Gasteiger partial charge in [0.05, 0.1) is 0 Å². The Morgan fingerprint density at radius 1 is 1.17 bits per heavy atom. The Labute approximate surface area is 63.1 Å². The van der Waals surface area contributed by atoms with Crippen LogP contribution in [0.4, 0.5) is 0 Å². The first-order chi connectivity index (χ1) is 2.73. The normalized spacial score (nSPS) is 7.00. The van der Waals surface area contributed by atoms with Crippen LogP contribution < -0.4 is 5.73 Å². The molecule has 0 saturated heterocycles. The molecule has 6 heavy (non-hydrogen) atoms. The van der Waals surface area contributed by atoms with Crippen molar-refractivity contribution in [3.05, 3.63) is 0 Å². The quantitative estimate of drug-likeness (QED) is 0.526. The van der Waals surface area contributed by atoms with E-state index in [-0.39, 0.29) is 0 Å². The molecule has 0 aliphatic rings. The summed E-state index contributed by atoms with van der Waals surface area (Å²) in [4.78, 5) is 0. The van der Waals surface area contributed by atoms with Crippen LogP contribution in [0.25, 0.3) is 0 Å². The fourth-order valence-electron chi connectivity index (χ4n) is 0. The van der Waals surface area contributed by atoms with E-state index in [0.29, 0.717) is 0 Å². The second-order valence-corrected chi connectivity index (χ2v) is 45.4. The third kappa shape index (κ3) is 33.6. The molecule has 0 amide bonds. The van der Waals surface area contributed by atoms with Gasteiger partial charge in [-0.1, -0.05) is 0 Å². The van der Waals surface area contributed by atoms with Gasteiger partial charge in [-0.25, -0.2) is 0 Å². The van der Waals surface area contributed by atoms with Crippen LogP contribution in [0.5, 0.6) is 0 Å². The van der Waals surface area contributed by atoms with Crippen LogP contribution in [0, 0.1) is 0 Å². The Kier molecular flexibility index (Phi) is 19.1. The summed E-state index contributed by atoms with van der Waals surface area (Å²) in [6.07, 6.45) is 0. The second-order valence-electron chi connectivity index (χ2n) is 0.192. The Morgan fingerprint density at radius 3 is 1.17 bits per heavy atom. The molecule has 0 saturated carbocycles. The third-order valence-corrected chi connectivity index (χ3v) is 0. The molecule has 0 atom stereocenters. The van der Waals surface area contributed by atoms with Crippen LogP contribution in [0.15, 0.2) is 0 Å². The average Bonchev–Trinajstić information content (AvgIpc) is 1.41. The molecular weight excluding hydrogens is 475 g/mol. The van der Waals surface area contributed by atoms with Crippen LogP contribution in [0.1, 0.15) is 0 Å². The van der Waals surface area contributed by atoms with E-state index in [2.05, 4.69) is 42.4 Å². The van der Waals surface area contributed by atoms with Crippen molar-refractivity contribution in [1.29, 1.82) is 0 Å². The summed E-state index contributed by atoms with van der Waals surface area (Å²) in [5, 5.41) is 0. The number of halogens is 3. The van der Waals surface area contributed by atoms with Gasteiger partial charge in [0.2, 0.25) is 0 Å². The number of hydrogen-bond donors (Lipinski definition) is 1. The van der Waals surface area contributed by atoms with Gasteiger partial charge >= 0.3 is 51.4 Å². The minimum absolute atomic E-state index is 1.16. The fraction of sp³-hybridized carbons (Fsp3) is 1.00. The van der Waals surface area contributed by atoms with Crippen LogP contribution in [-0.2, 0) is 0 Å². The summed E-state index contributed by atoms with van der Waals surface area (Å²) in [6.45, 7) is 0. The molecule has 0 rings (SSSR count). The molecule has 1 nitrogen and oxygen atoms in total. The number of hydrogen-bond acceptors (Lipinski definition) is 1. The zero-order valence-electron chi connectivity index (χ0n) is 3.16. The zero-order chi connectivity index (χ0) is 5.58. The summed E-state index contributed by atoms with van der Waals surface area (Å²) in [5.74, 6) is 0. The van der Waals surface area contributed by atoms with E-state index in [1.54, 1.807) is 0 Å². The van der Waals surface area contributed by atoms with Crippen molar-refractivity contribution in [3.8, 4) is 0 Å². The summed E-state index contributed by atoms with van der Waals surface area (Å²) < 4.78 is 0. The standard InChI is InChI=1S/CH5N.Bi.3BrH/c1-2;;;;/h2H2,1H3;;3*1H/q;+3;;;/p-3. The van der Waals surface area contributed by atoms with Crippen LogP contribution >= 0.6 is 36.7 Å². The molecule has 0 aromatic carbocycles. The molecular formula is CH5BiBr3N. The van der Waals surface area contributed by atoms with Crippen molar-refractivity contribution in [2.24, 2.45) is 5.73 Å². The van der Waals surface area contributed by atoms with Crippen molar-refractivity contribution >= 4 is 51.4 Å². The first-order valence-corrected chi connectivity index (χ1v) is 23.7. The van der Waals surface area contributed by atoms with E-state index in [1.165, 1.54) is 7.05 Å². The van der Waals surface area contributed by atoms with Crippen molar-refractivity contribution in [3.63, 3.8) is 0 Å². The Morgan fingerprint density at radius 2 is 1.17 bits per heavy atom. The minimum atomic E-state index is -1.16. The van der Waals surface area contributed by atoms with Crippen LogP contribution in [0.2, 0.25) is 0 Å². The van der Waals surface area contributed by atoms with Crippen molar-refractivity contribution in [2.75, 3.05) is 7.05 Å². The molecule has 0 aliphatic carbocycles. The molecule has 0 aromatic heterocycles. The van der Waals surface area contributed by atoms with Gasteiger partial charge in [0, 0.05) is 0 Å². The van der Waals surface area contributed by atoms with Crippen LogP contribution in [-0.4, -0.2) is 21.8 Å². The molecule has 0 heterocycles. The predicted octanol–water partition coefficient (Wildman–Crippen LogP) is 1.73.